The number of aryl methyl sites for hydroxylation is 1. The number of halogens is 1. The SMILES string of the molecule is Cc1cc(Br)ccc1NC(=O)c1nn(C(C)C)c(=O)c2ccccc12. The number of carbonyl (C=O) groups excluding carboxylic acids is 1. The first-order valence-electron chi connectivity index (χ1n) is 7.97. The molecule has 0 aliphatic carbocycles. The first-order chi connectivity index (χ1) is 11.9. The molecule has 2 aromatic carbocycles. The maximum Gasteiger partial charge on any atom is 0.276 e. The summed E-state index contributed by atoms with van der Waals surface area (Å²) < 4.78 is 2.30. The molecule has 1 N–H and O–H groups in total. The first kappa shape index (κ1) is 17.4. The van der Waals surface area contributed by atoms with E-state index in [-0.39, 0.29) is 23.2 Å². The number of rotatable bonds is 3. The molecular formula is C19H18BrN3O2. The van der Waals surface area contributed by atoms with Crippen molar-refractivity contribution in [3.8, 4) is 0 Å². The number of hydrogen-bond donors (Lipinski definition) is 1. The van der Waals surface area contributed by atoms with Crippen molar-refractivity contribution in [1.82, 2.24) is 9.78 Å². The summed E-state index contributed by atoms with van der Waals surface area (Å²) >= 11 is 3.41. The maximum absolute atomic E-state index is 12.9. The smallest absolute Gasteiger partial charge is 0.276 e. The second-order valence-electron chi connectivity index (χ2n) is 6.15. The molecule has 0 aliphatic heterocycles. The summed E-state index contributed by atoms with van der Waals surface area (Å²) in [7, 11) is 0. The largest absolute Gasteiger partial charge is 0.320 e. The predicted octanol–water partition coefficient (Wildman–Crippen LogP) is 4.30. The number of nitrogens with one attached hydrogen (secondary N) is 1. The Labute approximate surface area is 153 Å². The highest BCUT2D eigenvalue weighted by Gasteiger charge is 2.18. The van der Waals surface area contributed by atoms with Gasteiger partial charge in [0.05, 0.1) is 11.4 Å². The van der Waals surface area contributed by atoms with Crippen LogP contribution in [0.3, 0.4) is 0 Å². The second-order valence-corrected chi connectivity index (χ2v) is 7.07. The van der Waals surface area contributed by atoms with Gasteiger partial charge in [-0.1, -0.05) is 34.1 Å². The standard InChI is InChI=1S/C19H18BrN3O2/c1-11(2)23-19(25)15-7-5-4-6-14(15)17(22-23)18(24)21-16-9-8-13(20)10-12(16)3/h4-11H,1-3H3,(H,21,24). The van der Waals surface area contributed by atoms with Gasteiger partial charge in [-0.05, 0) is 50.6 Å². The normalized spacial score (nSPS) is 11.1. The van der Waals surface area contributed by atoms with E-state index in [1.165, 1.54) is 4.68 Å². The van der Waals surface area contributed by atoms with E-state index in [0.717, 1.165) is 10.0 Å². The van der Waals surface area contributed by atoms with E-state index in [0.29, 0.717) is 16.5 Å². The fraction of sp³-hybridized carbons (Fsp3) is 0.211. The van der Waals surface area contributed by atoms with E-state index in [1.807, 2.05) is 39.0 Å². The van der Waals surface area contributed by atoms with Crippen molar-refractivity contribution >= 4 is 38.3 Å². The fourth-order valence-electron chi connectivity index (χ4n) is 2.67. The lowest BCUT2D eigenvalue weighted by molar-refractivity contribution is 0.102. The molecule has 1 amide bonds. The Hall–Kier alpha value is -2.47. The van der Waals surface area contributed by atoms with Crippen LogP contribution in [0.15, 0.2) is 51.7 Å². The molecule has 0 fully saturated rings. The Morgan fingerprint density at radius 1 is 1.16 bits per heavy atom. The molecule has 25 heavy (non-hydrogen) atoms. The van der Waals surface area contributed by atoms with Crippen LogP contribution in [-0.4, -0.2) is 15.7 Å². The molecule has 0 saturated carbocycles. The van der Waals surface area contributed by atoms with Crippen molar-refractivity contribution < 1.29 is 4.79 Å². The van der Waals surface area contributed by atoms with Crippen LogP contribution in [0.1, 0.15) is 35.9 Å². The third-order valence-electron chi connectivity index (χ3n) is 3.97. The number of anilines is 1. The molecule has 0 aliphatic rings. The van der Waals surface area contributed by atoms with E-state index in [4.69, 9.17) is 0 Å². The highest BCUT2D eigenvalue weighted by atomic mass is 79.9. The van der Waals surface area contributed by atoms with Crippen molar-refractivity contribution in [1.29, 1.82) is 0 Å². The zero-order valence-corrected chi connectivity index (χ0v) is 15.8. The van der Waals surface area contributed by atoms with Gasteiger partial charge in [0.1, 0.15) is 0 Å². The lowest BCUT2D eigenvalue weighted by Gasteiger charge is -2.14. The van der Waals surface area contributed by atoms with Gasteiger partial charge in [-0.15, -0.1) is 0 Å². The van der Waals surface area contributed by atoms with Crippen LogP contribution >= 0.6 is 15.9 Å². The summed E-state index contributed by atoms with van der Waals surface area (Å²) in [5.74, 6) is -0.337. The average Bonchev–Trinajstić information content (AvgIpc) is 2.57. The van der Waals surface area contributed by atoms with Crippen LogP contribution in [0.25, 0.3) is 10.8 Å². The molecule has 3 aromatic rings. The van der Waals surface area contributed by atoms with E-state index >= 15 is 0 Å². The molecule has 0 atom stereocenters. The molecule has 0 saturated heterocycles. The maximum atomic E-state index is 12.9. The lowest BCUT2D eigenvalue weighted by Crippen LogP contribution is -2.29. The zero-order valence-electron chi connectivity index (χ0n) is 14.2. The van der Waals surface area contributed by atoms with Gasteiger partial charge in [0, 0.05) is 15.5 Å². The minimum absolute atomic E-state index is 0.141. The number of carbonyl (C=O) groups is 1. The summed E-state index contributed by atoms with van der Waals surface area (Å²) in [4.78, 5) is 25.4. The first-order valence-corrected chi connectivity index (χ1v) is 8.77. The molecule has 6 heteroatoms. The number of amides is 1. The molecule has 1 aromatic heterocycles. The second kappa shape index (κ2) is 6.80. The quantitative estimate of drug-likeness (QED) is 0.713. The number of nitrogens with zero attached hydrogens (tertiary/aromatic N) is 2. The molecule has 5 nitrogen and oxygen atoms in total. The summed E-state index contributed by atoms with van der Waals surface area (Å²) in [6, 6.07) is 12.5. The van der Waals surface area contributed by atoms with E-state index < -0.39 is 0 Å². The Morgan fingerprint density at radius 2 is 1.84 bits per heavy atom. The third-order valence-corrected chi connectivity index (χ3v) is 4.46. The number of aromatic nitrogens is 2. The summed E-state index contributed by atoms with van der Waals surface area (Å²) in [6.45, 7) is 5.65. The van der Waals surface area contributed by atoms with Gasteiger partial charge >= 0.3 is 0 Å². The Kier molecular flexibility index (Phi) is 4.72. The summed E-state index contributed by atoms with van der Waals surface area (Å²) in [5.41, 5.74) is 1.69. The topological polar surface area (TPSA) is 64.0 Å². The Bertz CT molecular complexity index is 1020. The van der Waals surface area contributed by atoms with Gasteiger partial charge in [0.15, 0.2) is 5.69 Å². The van der Waals surface area contributed by atoms with Crippen molar-refractivity contribution in [2.45, 2.75) is 26.8 Å². The molecular weight excluding hydrogens is 382 g/mol. The van der Waals surface area contributed by atoms with Gasteiger partial charge in [-0.25, -0.2) is 4.68 Å². The summed E-state index contributed by atoms with van der Waals surface area (Å²) in [5, 5.41) is 8.26. The molecule has 0 bridgehead atoms. The average molecular weight is 400 g/mol. The third kappa shape index (κ3) is 3.35. The summed E-state index contributed by atoms with van der Waals surface area (Å²) in [6.07, 6.45) is 0. The van der Waals surface area contributed by atoms with Crippen molar-refractivity contribution in [3.63, 3.8) is 0 Å². The molecule has 0 spiro atoms. The van der Waals surface area contributed by atoms with E-state index in [2.05, 4.69) is 26.3 Å². The van der Waals surface area contributed by atoms with E-state index in [9.17, 15) is 9.59 Å². The number of benzene rings is 2. The zero-order chi connectivity index (χ0) is 18.1. The van der Waals surface area contributed by atoms with Crippen molar-refractivity contribution in [3.05, 3.63) is 68.5 Å². The van der Waals surface area contributed by atoms with Crippen LogP contribution in [-0.2, 0) is 0 Å². The van der Waals surface area contributed by atoms with Crippen LogP contribution in [0.5, 0.6) is 0 Å². The highest BCUT2D eigenvalue weighted by molar-refractivity contribution is 9.10. The van der Waals surface area contributed by atoms with Crippen LogP contribution < -0.4 is 10.9 Å². The van der Waals surface area contributed by atoms with Crippen molar-refractivity contribution in [2.75, 3.05) is 5.32 Å². The van der Waals surface area contributed by atoms with E-state index in [1.54, 1.807) is 24.3 Å². The van der Waals surface area contributed by atoms with Crippen LogP contribution in [0, 0.1) is 6.92 Å². The van der Waals surface area contributed by atoms with Crippen LogP contribution in [0.4, 0.5) is 5.69 Å². The highest BCUT2D eigenvalue weighted by Crippen LogP contribution is 2.22. The number of hydrogen-bond acceptors (Lipinski definition) is 3. The molecule has 0 radical (unpaired) electrons. The van der Waals surface area contributed by atoms with Gasteiger partial charge in [0.2, 0.25) is 0 Å². The van der Waals surface area contributed by atoms with Gasteiger partial charge in [0.25, 0.3) is 11.5 Å². The molecule has 1 heterocycles. The Morgan fingerprint density at radius 3 is 2.48 bits per heavy atom. The van der Waals surface area contributed by atoms with Crippen LogP contribution in [0.2, 0.25) is 0 Å². The lowest BCUT2D eigenvalue weighted by atomic mass is 10.1. The molecule has 3 rings (SSSR count). The van der Waals surface area contributed by atoms with Gasteiger partial charge < -0.3 is 5.32 Å². The van der Waals surface area contributed by atoms with Gasteiger partial charge in [-0.2, -0.15) is 5.10 Å². The Balaban J connectivity index is 2.12. The van der Waals surface area contributed by atoms with Gasteiger partial charge in [-0.3, -0.25) is 9.59 Å². The fourth-order valence-corrected chi connectivity index (χ4v) is 3.15. The van der Waals surface area contributed by atoms with Crippen molar-refractivity contribution in [2.24, 2.45) is 0 Å². The number of fused-ring (bicyclic) bond motifs is 1. The monoisotopic (exact) mass is 399 g/mol. The minimum atomic E-state index is -0.337. The molecule has 0 unspecified atom stereocenters. The predicted molar refractivity (Wildman–Crippen MR) is 103 cm³/mol. The minimum Gasteiger partial charge on any atom is -0.320 e. The molecule has 128 valence electrons.